The Bertz CT molecular complexity index is 524. The minimum absolute atomic E-state index is 0.0970. The Morgan fingerprint density at radius 1 is 0.833 bits per heavy atom. The fourth-order valence-corrected chi connectivity index (χ4v) is 2.13. The van der Waals surface area contributed by atoms with Crippen molar-refractivity contribution in [2.45, 2.75) is 26.8 Å². The third kappa shape index (κ3) is 2.58. The third-order valence-corrected chi connectivity index (χ3v) is 3.86. The normalized spacial score (nSPS) is 12.5. The monoisotopic (exact) mass is 259 g/mol. The molecule has 0 aliphatic heterocycles. The Labute approximate surface area is 114 Å². The van der Waals surface area contributed by atoms with Gasteiger partial charge in [0.15, 0.2) is 0 Å². The standard InChI is InChI=1S/C16H18ClN/c1-10-4-5-13(8-11(10)2)16(18)14-6-7-15(17)12(3)9-14/h4-9,16H,18H2,1-3H3. The van der Waals surface area contributed by atoms with Gasteiger partial charge in [0.25, 0.3) is 0 Å². The quantitative estimate of drug-likeness (QED) is 0.854. The number of halogens is 1. The summed E-state index contributed by atoms with van der Waals surface area (Å²) in [5.41, 5.74) is 12.2. The molecule has 2 N–H and O–H groups in total. The average Bonchev–Trinajstić information content (AvgIpc) is 2.35. The van der Waals surface area contributed by atoms with Gasteiger partial charge in [-0.15, -0.1) is 0 Å². The van der Waals surface area contributed by atoms with Crippen LogP contribution < -0.4 is 5.73 Å². The first kappa shape index (κ1) is 13.1. The van der Waals surface area contributed by atoms with Crippen molar-refractivity contribution in [1.29, 1.82) is 0 Å². The summed E-state index contributed by atoms with van der Waals surface area (Å²) in [7, 11) is 0. The van der Waals surface area contributed by atoms with E-state index >= 15 is 0 Å². The Morgan fingerprint density at radius 2 is 1.39 bits per heavy atom. The van der Waals surface area contributed by atoms with E-state index in [9.17, 15) is 0 Å². The zero-order valence-electron chi connectivity index (χ0n) is 11.0. The highest BCUT2D eigenvalue weighted by Gasteiger charge is 2.10. The summed E-state index contributed by atoms with van der Waals surface area (Å²) in [6, 6.07) is 12.2. The number of hydrogen-bond donors (Lipinski definition) is 1. The summed E-state index contributed by atoms with van der Waals surface area (Å²) in [4.78, 5) is 0. The van der Waals surface area contributed by atoms with Crippen LogP contribution in [0.3, 0.4) is 0 Å². The van der Waals surface area contributed by atoms with Gasteiger partial charge in [0.05, 0.1) is 6.04 Å². The van der Waals surface area contributed by atoms with Crippen LogP contribution in [0.2, 0.25) is 5.02 Å². The Balaban J connectivity index is 2.37. The molecule has 0 radical (unpaired) electrons. The van der Waals surface area contributed by atoms with Crippen LogP contribution in [-0.2, 0) is 0 Å². The molecule has 0 heterocycles. The van der Waals surface area contributed by atoms with Gasteiger partial charge in [-0.25, -0.2) is 0 Å². The molecular weight excluding hydrogens is 242 g/mol. The van der Waals surface area contributed by atoms with Crippen LogP contribution in [0.4, 0.5) is 0 Å². The van der Waals surface area contributed by atoms with Crippen molar-refractivity contribution in [3.63, 3.8) is 0 Å². The third-order valence-electron chi connectivity index (χ3n) is 3.43. The molecular formula is C16H18ClN. The summed E-state index contributed by atoms with van der Waals surface area (Å²) < 4.78 is 0. The predicted octanol–water partition coefficient (Wildman–Crippen LogP) is 4.31. The molecule has 1 unspecified atom stereocenters. The molecule has 0 bridgehead atoms. The summed E-state index contributed by atoms with van der Waals surface area (Å²) in [6.07, 6.45) is 0. The average molecular weight is 260 g/mol. The van der Waals surface area contributed by atoms with Gasteiger partial charge in [-0.2, -0.15) is 0 Å². The maximum absolute atomic E-state index is 6.31. The predicted molar refractivity (Wildman–Crippen MR) is 78.1 cm³/mol. The van der Waals surface area contributed by atoms with Crippen molar-refractivity contribution in [2.24, 2.45) is 5.73 Å². The van der Waals surface area contributed by atoms with Gasteiger partial charge in [-0.05, 0) is 54.7 Å². The molecule has 1 nitrogen and oxygen atoms in total. The molecule has 2 rings (SSSR count). The Hall–Kier alpha value is -1.31. The lowest BCUT2D eigenvalue weighted by molar-refractivity contribution is 0.867. The van der Waals surface area contributed by atoms with Gasteiger partial charge in [0, 0.05) is 5.02 Å². The van der Waals surface area contributed by atoms with Crippen LogP contribution in [0.15, 0.2) is 36.4 Å². The van der Waals surface area contributed by atoms with Crippen LogP contribution in [0.25, 0.3) is 0 Å². The van der Waals surface area contributed by atoms with Crippen molar-refractivity contribution >= 4 is 11.6 Å². The Morgan fingerprint density at radius 3 is 1.94 bits per heavy atom. The van der Waals surface area contributed by atoms with E-state index in [1.165, 1.54) is 11.1 Å². The lowest BCUT2D eigenvalue weighted by Crippen LogP contribution is -2.12. The van der Waals surface area contributed by atoms with Crippen LogP contribution in [-0.4, -0.2) is 0 Å². The number of hydrogen-bond acceptors (Lipinski definition) is 1. The minimum atomic E-state index is -0.0970. The first-order chi connectivity index (χ1) is 8.49. The molecule has 2 aromatic carbocycles. The van der Waals surface area contributed by atoms with Crippen molar-refractivity contribution in [3.8, 4) is 0 Å². The molecule has 18 heavy (non-hydrogen) atoms. The largest absolute Gasteiger partial charge is 0.320 e. The zero-order valence-corrected chi connectivity index (χ0v) is 11.8. The summed E-state index contributed by atoms with van der Waals surface area (Å²) in [5.74, 6) is 0. The molecule has 2 heteroatoms. The molecule has 0 amide bonds. The minimum Gasteiger partial charge on any atom is -0.320 e. The van der Waals surface area contributed by atoms with Crippen molar-refractivity contribution in [2.75, 3.05) is 0 Å². The highest BCUT2D eigenvalue weighted by molar-refractivity contribution is 6.31. The highest BCUT2D eigenvalue weighted by atomic mass is 35.5. The van der Waals surface area contributed by atoms with E-state index in [1.807, 2.05) is 19.1 Å². The molecule has 0 aliphatic rings. The van der Waals surface area contributed by atoms with Crippen LogP contribution in [0, 0.1) is 20.8 Å². The van der Waals surface area contributed by atoms with E-state index in [4.69, 9.17) is 17.3 Å². The van der Waals surface area contributed by atoms with Gasteiger partial charge >= 0.3 is 0 Å². The van der Waals surface area contributed by atoms with Gasteiger partial charge in [0.2, 0.25) is 0 Å². The maximum Gasteiger partial charge on any atom is 0.0551 e. The number of benzene rings is 2. The topological polar surface area (TPSA) is 26.0 Å². The zero-order chi connectivity index (χ0) is 13.3. The lowest BCUT2D eigenvalue weighted by atomic mass is 9.95. The highest BCUT2D eigenvalue weighted by Crippen LogP contribution is 2.25. The van der Waals surface area contributed by atoms with E-state index < -0.39 is 0 Å². The van der Waals surface area contributed by atoms with E-state index in [2.05, 4.69) is 38.1 Å². The summed E-state index contributed by atoms with van der Waals surface area (Å²) in [6.45, 7) is 6.22. The molecule has 0 spiro atoms. The van der Waals surface area contributed by atoms with Crippen LogP contribution in [0.1, 0.15) is 33.9 Å². The molecule has 1 atom stereocenters. The van der Waals surface area contributed by atoms with Crippen molar-refractivity contribution in [1.82, 2.24) is 0 Å². The molecule has 0 fully saturated rings. The van der Waals surface area contributed by atoms with Gasteiger partial charge < -0.3 is 5.73 Å². The SMILES string of the molecule is Cc1ccc(C(N)c2ccc(Cl)c(C)c2)cc1C. The molecule has 0 aromatic heterocycles. The second kappa shape index (κ2) is 5.13. The van der Waals surface area contributed by atoms with E-state index in [1.54, 1.807) is 0 Å². The van der Waals surface area contributed by atoms with E-state index in [0.29, 0.717) is 0 Å². The Kier molecular flexibility index (Phi) is 3.74. The fraction of sp³-hybridized carbons (Fsp3) is 0.250. The smallest absolute Gasteiger partial charge is 0.0551 e. The molecule has 0 saturated heterocycles. The molecule has 94 valence electrons. The van der Waals surface area contributed by atoms with Gasteiger partial charge in [0.1, 0.15) is 0 Å². The lowest BCUT2D eigenvalue weighted by Gasteiger charge is -2.15. The van der Waals surface area contributed by atoms with Crippen LogP contribution in [0.5, 0.6) is 0 Å². The van der Waals surface area contributed by atoms with Gasteiger partial charge in [-0.1, -0.05) is 41.9 Å². The maximum atomic E-state index is 6.31. The van der Waals surface area contributed by atoms with E-state index in [0.717, 1.165) is 21.7 Å². The second-order valence-electron chi connectivity index (χ2n) is 4.83. The molecule has 0 saturated carbocycles. The number of rotatable bonds is 2. The summed E-state index contributed by atoms with van der Waals surface area (Å²) in [5, 5.41) is 0.783. The van der Waals surface area contributed by atoms with Gasteiger partial charge in [-0.3, -0.25) is 0 Å². The first-order valence-corrected chi connectivity index (χ1v) is 6.45. The summed E-state index contributed by atoms with van der Waals surface area (Å²) >= 11 is 6.04. The second-order valence-corrected chi connectivity index (χ2v) is 5.24. The first-order valence-electron chi connectivity index (χ1n) is 6.08. The fourth-order valence-electron chi connectivity index (χ4n) is 2.01. The van der Waals surface area contributed by atoms with Crippen molar-refractivity contribution in [3.05, 3.63) is 69.2 Å². The molecule has 0 aliphatic carbocycles. The van der Waals surface area contributed by atoms with Crippen LogP contribution >= 0.6 is 11.6 Å². The number of aryl methyl sites for hydroxylation is 3. The van der Waals surface area contributed by atoms with Crippen molar-refractivity contribution < 1.29 is 0 Å². The number of nitrogens with two attached hydrogens (primary N) is 1. The van der Waals surface area contributed by atoms with E-state index in [-0.39, 0.29) is 6.04 Å². The molecule has 2 aromatic rings.